The van der Waals surface area contributed by atoms with E-state index in [0.717, 1.165) is 24.1 Å². The van der Waals surface area contributed by atoms with Crippen LogP contribution in [0, 0.1) is 6.92 Å². The van der Waals surface area contributed by atoms with Gasteiger partial charge in [0.1, 0.15) is 6.10 Å². The molecule has 1 aliphatic carbocycles. The van der Waals surface area contributed by atoms with Crippen molar-refractivity contribution in [1.82, 2.24) is 0 Å². The van der Waals surface area contributed by atoms with Crippen molar-refractivity contribution in [3.8, 4) is 0 Å². The molecule has 1 amide bonds. The molecular formula is C16H24N2O2. The molecule has 0 saturated heterocycles. The van der Waals surface area contributed by atoms with E-state index in [9.17, 15) is 4.79 Å². The van der Waals surface area contributed by atoms with Crippen LogP contribution in [0.15, 0.2) is 18.2 Å². The lowest BCUT2D eigenvalue weighted by Crippen LogP contribution is -2.32. The van der Waals surface area contributed by atoms with E-state index in [-0.39, 0.29) is 12.0 Å². The fourth-order valence-corrected chi connectivity index (χ4v) is 2.56. The highest BCUT2D eigenvalue weighted by atomic mass is 16.5. The number of amides is 1. The average molecular weight is 276 g/mol. The summed E-state index contributed by atoms with van der Waals surface area (Å²) in [7, 11) is 0. The third kappa shape index (κ3) is 3.97. The number of aryl methyl sites for hydroxylation is 1. The zero-order chi connectivity index (χ0) is 14.5. The number of benzene rings is 1. The van der Waals surface area contributed by atoms with Crippen molar-refractivity contribution in [3.05, 3.63) is 23.8 Å². The zero-order valence-corrected chi connectivity index (χ0v) is 12.3. The lowest BCUT2D eigenvalue weighted by atomic mass is 9.97. The molecule has 1 aromatic rings. The quantitative estimate of drug-likeness (QED) is 0.830. The molecule has 0 bridgehead atoms. The van der Waals surface area contributed by atoms with Crippen molar-refractivity contribution in [2.45, 2.75) is 58.2 Å². The number of nitrogen functional groups attached to an aromatic ring is 1. The molecule has 2 rings (SSSR count). The van der Waals surface area contributed by atoms with Crippen LogP contribution in [0.1, 0.15) is 44.6 Å². The van der Waals surface area contributed by atoms with Crippen LogP contribution in [-0.2, 0) is 9.53 Å². The molecular weight excluding hydrogens is 252 g/mol. The molecule has 0 aromatic heterocycles. The summed E-state index contributed by atoms with van der Waals surface area (Å²) < 4.78 is 5.85. The Morgan fingerprint density at radius 1 is 1.35 bits per heavy atom. The number of carbonyl (C=O) groups excluding carboxylic acids is 1. The van der Waals surface area contributed by atoms with Crippen LogP contribution in [0.4, 0.5) is 11.4 Å². The van der Waals surface area contributed by atoms with Crippen molar-refractivity contribution in [2.24, 2.45) is 0 Å². The molecule has 1 aliphatic rings. The highest BCUT2D eigenvalue weighted by molar-refractivity contribution is 5.95. The summed E-state index contributed by atoms with van der Waals surface area (Å²) in [5.41, 5.74) is 8.15. The van der Waals surface area contributed by atoms with Crippen LogP contribution in [0.25, 0.3) is 0 Å². The maximum Gasteiger partial charge on any atom is 0.253 e. The molecule has 0 heterocycles. The van der Waals surface area contributed by atoms with E-state index < -0.39 is 6.10 Å². The number of nitrogens with two attached hydrogens (primary N) is 1. The minimum Gasteiger partial charge on any atom is -0.399 e. The summed E-state index contributed by atoms with van der Waals surface area (Å²) in [5, 5.41) is 2.90. The van der Waals surface area contributed by atoms with Crippen LogP contribution < -0.4 is 11.1 Å². The van der Waals surface area contributed by atoms with Gasteiger partial charge >= 0.3 is 0 Å². The summed E-state index contributed by atoms with van der Waals surface area (Å²) in [6.45, 7) is 3.76. The fraction of sp³-hybridized carbons (Fsp3) is 0.562. The normalized spacial score (nSPS) is 17.7. The number of rotatable bonds is 4. The Morgan fingerprint density at radius 3 is 2.75 bits per heavy atom. The maximum absolute atomic E-state index is 12.2. The monoisotopic (exact) mass is 276 g/mol. The third-order valence-electron chi connectivity index (χ3n) is 3.84. The molecule has 20 heavy (non-hydrogen) atoms. The topological polar surface area (TPSA) is 64.3 Å². The molecule has 4 nitrogen and oxygen atoms in total. The molecule has 1 fully saturated rings. The lowest BCUT2D eigenvalue weighted by molar-refractivity contribution is -0.131. The molecule has 1 saturated carbocycles. The van der Waals surface area contributed by atoms with Crippen LogP contribution in [-0.4, -0.2) is 18.1 Å². The highest BCUT2D eigenvalue weighted by Gasteiger charge is 2.21. The van der Waals surface area contributed by atoms with Gasteiger partial charge in [0.25, 0.3) is 5.91 Å². The van der Waals surface area contributed by atoms with Gasteiger partial charge in [0.2, 0.25) is 0 Å². The summed E-state index contributed by atoms with van der Waals surface area (Å²) >= 11 is 0. The Labute approximate surface area is 120 Å². The standard InChI is InChI=1S/C16H24N2O2/c1-11-8-9-13(17)10-15(11)18-16(19)12(2)20-14-6-4-3-5-7-14/h8-10,12,14H,3-7,17H2,1-2H3,(H,18,19). The van der Waals surface area contributed by atoms with Gasteiger partial charge in [0.05, 0.1) is 6.10 Å². The Kier molecular flexibility index (Phi) is 5.01. The maximum atomic E-state index is 12.2. The van der Waals surface area contributed by atoms with Gasteiger partial charge in [-0.15, -0.1) is 0 Å². The van der Waals surface area contributed by atoms with E-state index in [1.165, 1.54) is 19.3 Å². The Balaban J connectivity index is 1.91. The second-order valence-corrected chi connectivity index (χ2v) is 5.60. The Hall–Kier alpha value is -1.55. The fourth-order valence-electron chi connectivity index (χ4n) is 2.56. The van der Waals surface area contributed by atoms with E-state index in [1.54, 1.807) is 6.07 Å². The summed E-state index contributed by atoms with van der Waals surface area (Å²) in [4.78, 5) is 12.2. The molecule has 1 aromatic carbocycles. The lowest BCUT2D eigenvalue weighted by Gasteiger charge is -2.25. The number of nitrogens with one attached hydrogen (secondary N) is 1. The van der Waals surface area contributed by atoms with E-state index >= 15 is 0 Å². The third-order valence-corrected chi connectivity index (χ3v) is 3.84. The molecule has 0 spiro atoms. The number of carbonyl (C=O) groups is 1. The second-order valence-electron chi connectivity index (χ2n) is 5.60. The first-order valence-corrected chi connectivity index (χ1v) is 7.38. The number of ether oxygens (including phenoxy) is 1. The van der Waals surface area contributed by atoms with E-state index in [2.05, 4.69) is 5.32 Å². The molecule has 1 unspecified atom stereocenters. The Morgan fingerprint density at radius 2 is 2.05 bits per heavy atom. The van der Waals surface area contributed by atoms with E-state index in [4.69, 9.17) is 10.5 Å². The van der Waals surface area contributed by atoms with Gasteiger partial charge in [-0.3, -0.25) is 4.79 Å². The van der Waals surface area contributed by atoms with Gasteiger partial charge in [-0.2, -0.15) is 0 Å². The van der Waals surface area contributed by atoms with E-state index in [1.807, 2.05) is 26.0 Å². The summed E-state index contributed by atoms with van der Waals surface area (Å²) in [6, 6.07) is 5.51. The molecule has 0 aliphatic heterocycles. The predicted molar refractivity (Wildman–Crippen MR) is 81.6 cm³/mol. The molecule has 110 valence electrons. The molecule has 3 N–H and O–H groups in total. The Bertz CT molecular complexity index is 468. The van der Waals surface area contributed by atoms with Gasteiger partial charge in [-0.1, -0.05) is 25.3 Å². The number of hydrogen-bond acceptors (Lipinski definition) is 3. The minimum atomic E-state index is -0.432. The smallest absolute Gasteiger partial charge is 0.253 e. The van der Waals surface area contributed by atoms with Crippen molar-refractivity contribution >= 4 is 17.3 Å². The zero-order valence-electron chi connectivity index (χ0n) is 12.3. The van der Waals surface area contributed by atoms with Crippen LogP contribution in [0.3, 0.4) is 0 Å². The SMILES string of the molecule is Cc1ccc(N)cc1NC(=O)C(C)OC1CCCCC1. The number of hydrogen-bond donors (Lipinski definition) is 2. The predicted octanol–water partition coefficient (Wildman–Crippen LogP) is 3.25. The summed E-state index contributed by atoms with van der Waals surface area (Å²) in [5.74, 6) is -0.107. The second kappa shape index (κ2) is 6.75. The van der Waals surface area contributed by atoms with Crippen molar-refractivity contribution < 1.29 is 9.53 Å². The van der Waals surface area contributed by atoms with Gasteiger partial charge in [0, 0.05) is 11.4 Å². The van der Waals surface area contributed by atoms with Gasteiger partial charge in [-0.25, -0.2) is 0 Å². The van der Waals surface area contributed by atoms with Gasteiger partial charge < -0.3 is 15.8 Å². The minimum absolute atomic E-state index is 0.107. The first-order chi connectivity index (χ1) is 9.56. The molecule has 4 heteroatoms. The summed E-state index contributed by atoms with van der Waals surface area (Å²) in [6.07, 6.45) is 5.61. The first kappa shape index (κ1) is 14.9. The van der Waals surface area contributed by atoms with Gasteiger partial charge in [0.15, 0.2) is 0 Å². The highest BCUT2D eigenvalue weighted by Crippen LogP contribution is 2.22. The average Bonchev–Trinajstić information content (AvgIpc) is 2.44. The van der Waals surface area contributed by atoms with E-state index in [0.29, 0.717) is 5.69 Å². The first-order valence-electron chi connectivity index (χ1n) is 7.38. The van der Waals surface area contributed by atoms with Crippen LogP contribution >= 0.6 is 0 Å². The molecule has 0 radical (unpaired) electrons. The van der Waals surface area contributed by atoms with Crippen LogP contribution in [0.2, 0.25) is 0 Å². The largest absolute Gasteiger partial charge is 0.399 e. The van der Waals surface area contributed by atoms with Crippen molar-refractivity contribution in [1.29, 1.82) is 0 Å². The molecule has 1 atom stereocenters. The van der Waals surface area contributed by atoms with Crippen LogP contribution in [0.5, 0.6) is 0 Å². The van der Waals surface area contributed by atoms with Crippen molar-refractivity contribution in [2.75, 3.05) is 11.1 Å². The van der Waals surface area contributed by atoms with Gasteiger partial charge in [-0.05, 0) is 44.4 Å². The van der Waals surface area contributed by atoms with Crippen molar-refractivity contribution in [3.63, 3.8) is 0 Å². The number of anilines is 2.